The van der Waals surface area contributed by atoms with E-state index in [0.29, 0.717) is 13.0 Å². The molecule has 1 saturated heterocycles. The quantitative estimate of drug-likeness (QED) is 0.595. The van der Waals surface area contributed by atoms with Crippen molar-refractivity contribution in [2.75, 3.05) is 26.7 Å². The molecule has 3 aromatic rings. The third-order valence-electron chi connectivity index (χ3n) is 7.02. The summed E-state index contributed by atoms with van der Waals surface area (Å²) in [4.78, 5) is 27.2. The van der Waals surface area contributed by atoms with E-state index in [1.165, 1.54) is 5.39 Å². The van der Waals surface area contributed by atoms with Crippen molar-refractivity contribution < 1.29 is 14.3 Å². The zero-order chi connectivity index (χ0) is 24.4. The van der Waals surface area contributed by atoms with Crippen LogP contribution in [-0.2, 0) is 9.59 Å². The number of amides is 2. The van der Waals surface area contributed by atoms with Crippen LogP contribution in [0.3, 0.4) is 0 Å². The highest BCUT2D eigenvalue weighted by molar-refractivity contribution is 6.05. The van der Waals surface area contributed by atoms with Gasteiger partial charge in [0.1, 0.15) is 5.75 Å². The first-order valence-electron chi connectivity index (χ1n) is 12.1. The summed E-state index contributed by atoms with van der Waals surface area (Å²) in [7, 11) is 1.64. The average molecular weight is 471 g/mol. The molecule has 3 aromatic carbocycles. The number of primary amides is 1. The summed E-state index contributed by atoms with van der Waals surface area (Å²) in [6, 6.07) is 22.1. The van der Waals surface area contributed by atoms with E-state index in [1.807, 2.05) is 41.3 Å². The van der Waals surface area contributed by atoms with E-state index in [4.69, 9.17) is 15.6 Å². The summed E-state index contributed by atoms with van der Waals surface area (Å²) >= 11 is 0. The van der Waals surface area contributed by atoms with Gasteiger partial charge < -0.3 is 10.5 Å². The van der Waals surface area contributed by atoms with Crippen molar-refractivity contribution in [2.24, 2.45) is 16.8 Å². The second-order valence-corrected chi connectivity index (χ2v) is 9.32. The number of benzene rings is 3. The van der Waals surface area contributed by atoms with Gasteiger partial charge in [-0.1, -0.05) is 48.5 Å². The van der Waals surface area contributed by atoms with Crippen LogP contribution in [0.4, 0.5) is 0 Å². The van der Waals surface area contributed by atoms with E-state index >= 15 is 0 Å². The molecule has 0 unspecified atom stereocenters. The van der Waals surface area contributed by atoms with Crippen LogP contribution in [-0.4, -0.2) is 54.2 Å². The molecule has 0 aliphatic carbocycles. The predicted octanol–water partition coefficient (Wildman–Crippen LogP) is 3.72. The molecule has 180 valence electrons. The van der Waals surface area contributed by atoms with E-state index in [9.17, 15) is 9.59 Å². The molecule has 0 bridgehead atoms. The Labute approximate surface area is 205 Å². The smallest absolute Gasteiger partial charge is 0.257 e. The Morgan fingerprint density at radius 3 is 2.57 bits per heavy atom. The molecule has 2 heterocycles. The van der Waals surface area contributed by atoms with E-state index in [2.05, 4.69) is 30.3 Å². The number of rotatable bonds is 6. The zero-order valence-electron chi connectivity index (χ0n) is 19.9. The molecular formula is C28H30N4O3. The molecule has 7 heteroatoms. The molecule has 2 atom stereocenters. The first-order valence-corrected chi connectivity index (χ1v) is 12.1. The molecule has 0 spiro atoms. The molecule has 1 fully saturated rings. The average Bonchev–Trinajstić information content (AvgIpc) is 3.34. The maximum Gasteiger partial charge on any atom is 0.257 e. The van der Waals surface area contributed by atoms with Crippen molar-refractivity contribution in [1.82, 2.24) is 9.91 Å². The zero-order valence-corrected chi connectivity index (χ0v) is 19.9. The maximum absolute atomic E-state index is 13.5. The Hall–Kier alpha value is -3.71. The third-order valence-corrected chi connectivity index (χ3v) is 7.02. The van der Waals surface area contributed by atoms with Crippen LogP contribution in [0.5, 0.6) is 5.75 Å². The highest BCUT2D eigenvalue weighted by Gasteiger charge is 2.35. The lowest BCUT2D eigenvalue weighted by Gasteiger charge is -2.32. The van der Waals surface area contributed by atoms with Crippen molar-refractivity contribution >= 4 is 28.3 Å². The summed E-state index contributed by atoms with van der Waals surface area (Å²) in [5.74, 6) is 0.193. The molecule has 0 saturated carbocycles. The number of hydrazone groups is 1. The lowest BCUT2D eigenvalue weighted by atomic mass is 9.96. The highest BCUT2D eigenvalue weighted by Crippen LogP contribution is 2.34. The number of carbonyl (C=O) groups is 2. The number of piperidine rings is 1. The third kappa shape index (κ3) is 4.91. The van der Waals surface area contributed by atoms with Gasteiger partial charge in [0.15, 0.2) is 0 Å². The van der Waals surface area contributed by atoms with Crippen molar-refractivity contribution in [1.29, 1.82) is 0 Å². The Balaban J connectivity index is 1.43. The van der Waals surface area contributed by atoms with Crippen LogP contribution in [0.2, 0.25) is 0 Å². The van der Waals surface area contributed by atoms with Gasteiger partial charge in [0.2, 0.25) is 5.91 Å². The molecule has 2 aliphatic rings. The summed E-state index contributed by atoms with van der Waals surface area (Å²) < 4.78 is 5.31. The van der Waals surface area contributed by atoms with E-state index < -0.39 is 0 Å². The van der Waals surface area contributed by atoms with Gasteiger partial charge in [-0.3, -0.25) is 14.5 Å². The molecule has 7 nitrogen and oxygen atoms in total. The summed E-state index contributed by atoms with van der Waals surface area (Å²) in [6.45, 7) is 1.51. The Bertz CT molecular complexity index is 1270. The lowest BCUT2D eigenvalue weighted by molar-refractivity contribution is -0.135. The van der Waals surface area contributed by atoms with E-state index in [0.717, 1.165) is 47.4 Å². The molecule has 2 aliphatic heterocycles. The molecule has 0 radical (unpaired) electrons. The second kappa shape index (κ2) is 9.88. The van der Waals surface area contributed by atoms with Crippen molar-refractivity contribution in [3.05, 3.63) is 77.9 Å². The number of methoxy groups -OCH3 is 1. The molecule has 0 aromatic heterocycles. The van der Waals surface area contributed by atoms with Gasteiger partial charge in [-0.05, 0) is 59.5 Å². The van der Waals surface area contributed by atoms with E-state index in [-0.39, 0.29) is 30.3 Å². The van der Waals surface area contributed by atoms with Crippen LogP contribution in [0, 0.1) is 5.92 Å². The standard InChI is InChI=1S/C28H30N4O3/c1-35-24-12-10-20(11-13-24)26-16-25(22-9-8-19-5-2-3-6-21(19)15-22)30-32(26)27(33)18-31-14-4-7-23(17-31)28(29)34/h2-3,5-6,8-13,15,23,26H,4,7,14,16-18H2,1H3,(H2,29,34)/t23-,26-/m0/s1. The molecular weight excluding hydrogens is 440 g/mol. The van der Waals surface area contributed by atoms with Crippen LogP contribution in [0.1, 0.15) is 36.4 Å². The minimum Gasteiger partial charge on any atom is -0.497 e. The number of carbonyl (C=O) groups excluding carboxylic acids is 2. The van der Waals surface area contributed by atoms with Gasteiger partial charge in [-0.25, -0.2) is 5.01 Å². The van der Waals surface area contributed by atoms with E-state index in [1.54, 1.807) is 12.1 Å². The summed E-state index contributed by atoms with van der Waals surface area (Å²) in [6.07, 6.45) is 2.26. The van der Waals surface area contributed by atoms with Crippen LogP contribution >= 0.6 is 0 Å². The van der Waals surface area contributed by atoms with Crippen LogP contribution < -0.4 is 10.5 Å². The Kier molecular flexibility index (Phi) is 6.51. The largest absolute Gasteiger partial charge is 0.497 e. The van der Waals surface area contributed by atoms with Crippen LogP contribution in [0.15, 0.2) is 71.8 Å². The van der Waals surface area contributed by atoms with Gasteiger partial charge in [0.25, 0.3) is 5.91 Å². The summed E-state index contributed by atoms with van der Waals surface area (Å²) in [5.41, 5.74) is 8.45. The molecule has 35 heavy (non-hydrogen) atoms. The molecule has 2 N–H and O–H groups in total. The van der Waals surface area contributed by atoms with Gasteiger partial charge >= 0.3 is 0 Å². The fourth-order valence-electron chi connectivity index (χ4n) is 5.06. The first-order chi connectivity index (χ1) is 17.0. The SMILES string of the molecule is COc1ccc([C@@H]2CC(c3ccc4ccccc4c3)=NN2C(=O)CN2CCC[C@H](C(N)=O)C2)cc1. The van der Waals surface area contributed by atoms with Gasteiger partial charge in [-0.15, -0.1) is 0 Å². The number of likely N-dealkylation sites (tertiary alicyclic amines) is 1. The second-order valence-electron chi connectivity index (χ2n) is 9.32. The minimum absolute atomic E-state index is 0.0771. The number of hydrogen-bond donors (Lipinski definition) is 1. The Morgan fingerprint density at radius 1 is 1.06 bits per heavy atom. The summed E-state index contributed by atoms with van der Waals surface area (Å²) in [5, 5.41) is 8.77. The number of hydrogen-bond acceptors (Lipinski definition) is 5. The maximum atomic E-state index is 13.5. The molecule has 5 rings (SSSR count). The van der Waals surface area contributed by atoms with Gasteiger partial charge in [0.05, 0.1) is 31.3 Å². The molecule has 2 amide bonds. The fourth-order valence-corrected chi connectivity index (χ4v) is 5.06. The fraction of sp³-hybridized carbons (Fsp3) is 0.321. The predicted molar refractivity (Wildman–Crippen MR) is 136 cm³/mol. The number of ether oxygens (including phenoxy) is 1. The lowest BCUT2D eigenvalue weighted by Crippen LogP contribution is -2.45. The topological polar surface area (TPSA) is 88.2 Å². The highest BCUT2D eigenvalue weighted by atomic mass is 16.5. The normalized spacial score (nSPS) is 20.6. The Morgan fingerprint density at radius 2 is 1.83 bits per heavy atom. The number of nitrogens with zero attached hydrogens (tertiary/aromatic N) is 3. The number of nitrogens with two attached hydrogens (primary N) is 1. The van der Waals surface area contributed by atoms with Crippen molar-refractivity contribution in [3.63, 3.8) is 0 Å². The first kappa shape index (κ1) is 23.1. The van der Waals surface area contributed by atoms with Crippen LogP contribution in [0.25, 0.3) is 10.8 Å². The van der Waals surface area contributed by atoms with Crippen molar-refractivity contribution in [3.8, 4) is 5.75 Å². The monoisotopic (exact) mass is 470 g/mol. The minimum atomic E-state index is -0.295. The van der Waals surface area contributed by atoms with Gasteiger partial charge in [-0.2, -0.15) is 5.10 Å². The van der Waals surface area contributed by atoms with Gasteiger partial charge in [0, 0.05) is 13.0 Å². The number of fused-ring (bicyclic) bond motifs is 1. The van der Waals surface area contributed by atoms with Crippen molar-refractivity contribution in [2.45, 2.75) is 25.3 Å².